The van der Waals surface area contributed by atoms with Gasteiger partial charge in [-0.2, -0.15) is 0 Å². The summed E-state index contributed by atoms with van der Waals surface area (Å²) in [5.41, 5.74) is 0. The Balaban J connectivity index is 2.42. The van der Waals surface area contributed by atoms with Crippen molar-refractivity contribution in [2.45, 2.75) is 16.2 Å². The van der Waals surface area contributed by atoms with Crippen molar-refractivity contribution in [2.24, 2.45) is 0 Å². The highest BCUT2D eigenvalue weighted by atomic mass is 32.2. The van der Waals surface area contributed by atoms with E-state index in [0.29, 0.717) is 17.2 Å². The summed E-state index contributed by atoms with van der Waals surface area (Å²) in [5, 5.41) is 9.02. The van der Waals surface area contributed by atoms with Gasteiger partial charge < -0.3 is 14.2 Å². The van der Waals surface area contributed by atoms with Crippen LogP contribution in [0.25, 0.3) is 0 Å². The second-order valence-corrected chi connectivity index (χ2v) is 5.99. The van der Waals surface area contributed by atoms with Gasteiger partial charge >= 0.3 is 0 Å². The quantitative estimate of drug-likeness (QED) is 0.845. The third-order valence-electron chi connectivity index (χ3n) is 2.37. The second-order valence-electron chi connectivity index (χ2n) is 3.55. The molecule has 0 aliphatic heterocycles. The highest BCUT2D eigenvalue weighted by Crippen LogP contribution is 2.44. The summed E-state index contributed by atoms with van der Waals surface area (Å²) in [6.07, 6.45) is 0. The smallest absolute Gasteiger partial charge is 0.179 e. The van der Waals surface area contributed by atoms with E-state index < -0.39 is 0 Å². The number of hydrogen-bond donors (Lipinski definition) is 0. The van der Waals surface area contributed by atoms with Crippen LogP contribution in [-0.4, -0.2) is 31.5 Å². The van der Waals surface area contributed by atoms with Crippen molar-refractivity contribution in [3.63, 3.8) is 0 Å². The van der Waals surface area contributed by atoms with Crippen LogP contribution in [0, 0.1) is 6.92 Å². The van der Waals surface area contributed by atoms with Crippen molar-refractivity contribution in [3.8, 4) is 17.2 Å². The zero-order chi connectivity index (χ0) is 13.8. The summed E-state index contributed by atoms with van der Waals surface area (Å²) in [6.45, 7) is 1.92. The van der Waals surface area contributed by atoms with Gasteiger partial charge in [-0.25, -0.2) is 0 Å². The molecule has 19 heavy (non-hydrogen) atoms. The van der Waals surface area contributed by atoms with E-state index in [4.69, 9.17) is 14.2 Å². The Labute approximate surface area is 119 Å². The van der Waals surface area contributed by atoms with Gasteiger partial charge in [0.25, 0.3) is 0 Å². The molecule has 1 heterocycles. The van der Waals surface area contributed by atoms with E-state index in [-0.39, 0.29) is 0 Å². The summed E-state index contributed by atoms with van der Waals surface area (Å²) in [5.74, 6) is 2.06. The molecule has 0 fully saturated rings. The van der Waals surface area contributed by atoms with Crippen molar-refractivity contribution >= 4 is 23.1 Å². The number of aromatic nitrogens is 2. The molecular formula is C12H14N2O3S2. The predicted molar refractivity (Wildman–Crippen MR) is 74.9 cm³/mol. The lowest BCUT2D eigenvalue weighted by Crippen LogP contribution is -1.94. The molecule has 2 aromatic rings. The second kappa shape index (κ2) is 6.12. The standard InChI is InChI=1S/C12H14N2O3S2/c1-7-13-14-12(18-7)19-11-9(16-3)5-8(15-2)6-10(11)17-4/h5-6H,1-4H3. The van der Waals surface area contributed by atoms with E-state index in [9.17, 15) is 0 Å². The monoisotopic (exact) mass is 298 g/mol. The first kappa shape index (κ1) is 14.0. The molecule has 0 unspecified atom stereocenters. The molecule has 0 saturated heterocycles. The molecule has 0 amide bonds. The predicted octanol–water partition coefficient (Wildman–Crippen LogP) is 3.02. The van der Waals surface area contributed by atoms with E-state index in [2.05, 4.69) is 10.2 Å². The van der Waals surface area contributed by atoms with Crippen LogP contribution in [0.1, 0.15) is 5.01 Å². The summed E-state index contributed by atoms with van der Waals surface area (Å²) >= 11 is 3.00. The van der Waals surface area contributed by atoms with Gasteiger partial charge in [-0.15, -0.1) is 10.2 Å². The molecule has 0 bridgehead atoms. The lowest BCUT2D eigenvalue weighted by Gasteiger charge is -2.13. The first-order valence-electron chi connectivity index (χ1n) is 5.46. The Bertz CT molecular complexity index is 547. The molecule has 0 saturated carbocycles. The van der Waals surface area contributed by atoms with Crippen LogP contribution >= 0.6 is 23.1 Å². The minimum absolute atomic E-state index is 0.687. The maximum atomic E-state index is 5.38. The van der Waals surface area contributed by atoms with Crippen LogP contribution < -0.4 is 14.2 Å². The molecule has 1 aromatic carbocycles. The van der Waals surface area contributed by atoms with Gasteiger partial charge in [-0.3, -0.25) is 0 Å². The zero-order valence-electron chi connectivity index (χ0n) is 11.1. The highest BCUT2D eigenvalue weighted by molar-refractivity contribution is 8.01. The fraction of sp³-hybridized carbons (Fsp3) is 0.333. The van der Waals surface area contributed by atoms with Crippen molar-refractivity contribution in [1.82, 2.24) is 10.2 Å². The molecule has 0 N–H and O–H groups in total. The molecular weight excluding hydrogens is 284 g/mol. The van der Waals surface area contributed by atoms with Crippen LogP contribution in [0.3, 0.4) is 0 Å². The van der Waals surface area contributed by atoms with Crippen LogP contribution in [0.2, 0.25) is 0 Å². The molecule has 2 rings (SSSR count). The Kier molecular flexibility index (Phi) is 4.49. The number of ether oxygens (including phenoxy) is 3. The molecule has 0 aliphatic rings. The molecule has 102 valence electrons. The van der Waals surface area contributed by atoms with E-state index in [1.165, 1.54) is 23.1 Å². The Hall–Kier alpha value is -1.47. The van der Waals surface area contributed by atoms with Crippen molar-refractivity contribution in [2.75, 3.05) is 21.3 Å². The van der Waals surface area contributed by atoms with E-state index in [1.807, 2.05) is 19.1 Å². The molecule has 1 aromatic heterocycles. The SMILES string of the molecule is COc1cc(OC)c(Sc2nnc(C)s2)c(OC)c1. The molecule has 0 atom stereocenters. The van der Waals surface area contributed by atoms with Crippen LogP contribution in [0.4, 0.5) is 0 Å². The van der Waals surface area contributed by atoms with Crippen LogP contribution in [0.5, 0.6) is 17.2 Å². The number of aryl methyl sites for hydroxylation is 1. The minimum atomic E-state index is 0.687. The van der Waals surface area contributed by atoms with E-state index in [1.54, 1.807) is 21.3 Å². The summed E-state index contributed by atoms with van der Waals surface area (Å²) in [6, 6.07) is 3.64. The number of rotatable bonds is 5. The Morgan fingerprint density at radius 3 is 2.05 bits per heavy atom. The summed E-state index contributed by atoms with van der Waals surface area (Å²) in [7, 11) is 4.84. The Morgan fingerprint density at radius 1 is 1.00 bits per heavy atom. The molecule has 0 spiro atoms. The lowest BCUT2D eigenvalue weighted by atomic mass is 10.3. The first-order chi connectivity index (χ1) is 9.17. The number of methoxy groups -OCH3 is 3. The lowest BCUT2D eigenvalue weighted by molar-refractivity contribution is 0.361. The number of benzene rings is 1. The number of hydrogen-bond acceptors (Lipinski definition) is 7. The third kappa shape index (κ3) is 3.10. The van der Waals surface area contributed by atoms with Gasteiger partial charge in [0.2, 0.25) is 0 Å². The van der Waals surface area contributed by atoms with Crippen LogP contribution in [0.15, 0.2) is 21.4 Å². The third-order valence-corrected chi connectivity index (χ3v) is 4.36. The van der Waals surface area contributed by atoms with E-state index in [0.717, 1.165) is 14.2 Å². The van der Waals surface area contributed by atoms with Crippen LogP contribution in [-0.2, 0) is 0 Å². The fourth-order valence-corrected chi connectivity index (χ4v) is 3.42. The maximum Gasteiger partial charge on any atom is 0.179 e. The van der Waals surface area contributed by atoms with Gasteiger partial charge in [0.05, 0.1) is 26.2 Å². The topological polar surface area (TPSA) is 53.5 Å². The summed E-state index contributed by atoms with van der Waals surface area (Å²) in [4.78, 5) is 0.863. The van der Waals surface area contributed by atoms with Crippen molar-refractivity contribution in [1.29, 1.82) is 0 Å². The molecule has 0 radical (unpaired) electrons. The fourth-order valence-electron chi connectivity index (χ4n) is 1.48. The average Bonchev–Trinajstić information content (AvgIpc) is 2.84. The highest BCUT2D eigenvalue weighted by Gasteiger charge is 2.16. The average molecular weight is 298 g/mol. The normalized spacial score (nSPS) is 10.3. The van der Waals surface area contributed by atoms with E-state index >= 15 is 0 Å². The minimum Gasteiger partial charge on any atom is -0.496 e. The largest absolute Gasteiger partial charge is 0.496 e. The maximum absolute atomic E-state index is 5.38. The zero-order valence-corrected chi connectivity index (χ0v) is 12.7. The summed E-state index contributed by atoms with van der Waals surface area (Å²) < 4.78 is 16.8. The Morgan fingerprint density at radius 2 is 1.63 bits per heavy atom. The van der Waals surface area contributed by atoms with Gasteiger partial charge in [-0.05, 0) is 18.7 Å². The van der Waals surface area contributed by atoms with Gasteiger partial charge in [-0.1, -0.05) is 11.3 Å². The molecule has 0 aliphatic carbocycles. The number of nitrogens with zero attached hydrogens (tertiary/aromatic N) is 2. The van der Waals surface area contributed by atoms with Gasteiger partial charge in [0.15, 0.2) is 4.34 Å². The van der Waals surface area contributed by atoms with Crippen molar-refractivity contribution < 1.29 is 14.2 Å². The van der Waals surface area contributed by atoms with Crippen molar-refractivity contribution in [3.05, 3.63) is 17.1 Å². The van der Waals surface area contributed by atoms with Gasteiger partial charge in [0, 0.05) is 12.1 Å². The molecule has 7 heteroatoms. The van der Waals surface area contributed by atoms with Gasteiger partial charge in [0.1, 0.15) is 22.3 Å². The first-order valence-corrected chi connectivity index (χ1v) is 7.09. The molecule has 5 nitrogen and oxygen atoms in total.